The zero-order chi connectivity index (χ0) is 13.9. The normalized spacial score (nSPS) is 10.8. The van der Waals surface area contributed by atoms with Crippen LogP contribution >= 0.6 is 0 Å². The van der Waals surface area contributed by atoms with E-state index in [1.54, 1.807) is 6.08 Å². The van der Waals surface area contributed by atoms with Crippen LogP contribution in [0.3, 0.4) is 0 Å². The van der Waals surface area contributed by atoms with Crippen LogP contribution in [0, 0.1) is 0 Å². The smallest absolute Gasteiger partial charge is 0.246 e. The number of hydrogen-bond donors (Lipinski definition) is 0. The maximum atomic E-state index is 12.2. The first-order chi connectivity index (χ1) is 9.27. The van der Waals surface area contributed by atoms with E-state index in [0.29, 0.717) is 0 Å². The number of nitrogens with zero attached hydrogens (tertiary/aromatic N) is 1. The van der Waals surface area contributed by atoms with Gasteiger partial charge in [0, 0.05) is 19.2 Å². The monoisotopic (exact) mass is 259 g/mol. The standard InChI is InChI=1S/C17H25NO/c1-3-5-14-18(15-6-4-2)17(19)13-12-16-10-8-7-9-11-16/h7-13H,3-6,14-15H2,1-2H3/b13-12+. The fourth-order valence-electron chi connectivity index (χ4n) is 1.87. The summed E-state index contributed by atoms with van der Waals surface area (Å²) in [5.74, 6) is 0.130. The number of carbonyl (C=O) groups excluding carboxylic acids is 1. The highest BCUT2D eigenvalue weighted by Crippen LogP contribution is 2.04. The molecule has 0 radical (unpaired) electrons. The lowest BCUT2D eigenvalue weighted by atomic mass is 10.2. The van der Waals surface area contributed by atoms with Crippen molar-refractivity contribution in [1.82, 2.24) is 4.90 Å². The van der Waals surface area contributed by atoms with Crippen LogP contribution < -0.4 is 0 Å². The van der Waals surface area contributed by atoms with Crippen LogP contribution in [0.5, 0.6) is 0 Å². The molecule has 0 saturated heterocycles. The lowest BCUT2D eigenvalue weighted by Gasteiger charge is -2.20. The van der Waals surface area contributed by atoms with Gasteiger partial charge in [0.2, 0.25) is 5.91 Å². The third-order valence-corrected chi connectivity index (χ3v) is 3.09. The van der Waals surface area contributed by atoms with Gasteiger partial charge in [0.05, 0.1) is 0 Å². The van der Waals surface area contributed by atoms with Gasteiger partial charge < -0.3 is 4.90 Å². The number of carbonyl (C=O) groups is 1. The number of benzene rings is 1. The Balaban J connectivity index is 2.57. The van der Waals surface area contributed by atoms with E-state index in [4.69, 9.17) is 0 Å². The number of unbranched alkanes of at least 4 members (excludes halogenated alkanes) is 2. The van der Waals surface area contributed by atoms with E-state index in [9.17, 15) is 4.79 Å². The molecule has 1 aromatic carbocycles. The first kappa shape index (κ1) is 15.5. The SMILES string of the molecule is CCCCN(CCCC)C(=O)/C=C/c1ccccc1. The van der Waals surface area contributed by atoms with Gasteiger partial charge in [0.25, 0.3) is 0 Å². The molecule has 0 aliphatic rings. The third kappa shape index (κ3) is 6.23. The predicted molar refractivity (Wildman–Crippen MR) is 81.9 cm³/mol. The summed E-state index contributed by atoms with van der Waals surface area (Å²) in [6.07, 6.45) is 7.99. The molecule has 1 rings (SSSR count). The zero-order valence-corrected chi connectivity index (χ0v) is 12.1. The molecule has 0 aliphatic heterocycles. The molecule has 0 fully saturated rings. The van der Waals surface area contributed by atoms with Crippen LogP contribution in [0.1, 0.15) is 45.1 Å². The number of rotatable bonds is 8. The molecule has 0 aliphatic carbocycles. The summed E-state index contributed by atoms with van der Waals surface area (Å²) in [5, 5.41) is 0. The van der Waals surface area contributed by atoms with Crippen molar-refractivity contribution in [2.24, 2.45) is 0 Å². The molecule has 0 bridgehead atoms. The van der Waals surface area contributed by atoms with Crippen molar-refractivity contribution in [3.05, 3.63) is 42.0 Å². The first-order valence-electron chi connectivity index (χ1n) is 7.30. The van der Waals surface area contributed by atoms with Crippen molar-refractivity contribution in [3.63, 3.8) is 0 Å². The fraction of sp³-hybridized carbons (Fsp3) is 0.471. The molecule has 0 aromatic heterocycles. The van der Waals surface area contributed by atoms with Gasteiger partial charge in [0.1, 0.15) is 0 Å². The average Bonchev–Trinajstić information content (AvgIpc) is 2.46. The lowest BCUT2D eigenvalue weighted by Crippen LogP contribution is -2.31. The summed E-state index contributed by atoms with van der Waals surface area (Å²) in [6, 6.07) is 9.96. The van der Waals surface area contributed by atoms with E-state index in [1.807, 2.05) is 41.3 Å². The third-order valence-electron chi connectivity index (χ3n) is 3.09. The van der Waals surface area contributed by atoms with E-state index in [-0.39, 0.29) is 5.91 Å². The minimum atomic E-state index is 0.130. The Hall–Kier alpha value is -1.57. The molecule has 0 N–H and O–H groups in total. The molecule has 19 heavy (non-hydrogen) atoms. The van der Waals surface area contributed by atoms with Gasteiger partial charge >= 0.3 is 0 Å². The Labute approximate surface area is 117 Å². The maximum Gasteiger partial charge on any atom is 0.246 e. The Bertz CT molecular complexity index is 376. The topological polar surface area (TPSA) is 20.3 Å². The Morgan fingerprint density at radius 1 is 1.05 bits per heavy atom. The van der Waals surface area contributed by atoms with Crippen molar-refractivity contribution in [3.8, 4) is 0 Å². The second-order valence-corrected chi connectivity index (χ2v) is 4.78. The molecule has 0 heterocycles. The largest absolute Gasteiger partial charge is 0.339 e. The van der Waals surface area contributed by atoms with Crippen LogP contribution in [0.25, 0.3) is 6.08 Å². The van der Waals surface area contributed by atoms with Crippen LogP contribution in [-0.4, -0.2) is 23.9 Å². The molecule has 0 spiro atoms. The van der Waals surface area contributed by atoms with Gasteiger partial charge in [-0.15, -0.1) is 0 Å². The van der Waals surface area contributed by atoms with Gasteiger partial charge in [0.15, 0.2) is 0 Å². The van der Waals surface area contributed by atoms with E-state index in [0.717, 1.165) is 44.3 Å². The molecule has 2 nitrogen and oxygen atoms in total. The second kappa shape index (κ2) is 9.37. The van der Waals surface area contributed by atoms with E-state index in [1.165, 1.54) is 0 Å². The lowest BCUT2D eigenvalue weighted by molar-refractivity contribution is -0.126. The maximum absolute atomic E-state index is 12.2. The van der Waals surface area contributed by atoms with Crippen LogP contribution in [0.2, 0.25) is 0 Å². The van der Waals surface area contributed by atoms with Gasteiger partial charge in [-0.1, -0.05) is 57.0 Å². The molecular weight excluding hydrogens is 234 g/mol. The van der Waals surface area contributed by atoms with Crippen molar-refractivity contribution in [1.29, 1.82) is 0 Å². The van der Waals surface area contributed by atoms with E-state index < -0.39 is 0 Å². The zero-order valence-electron chi connectivity index (χ0n) is 12.1. The fourth-order valence-corrected chi connectivity index (χ4v) is 1.87. The summed E-state index contributed by atoms with van der Waals surface area (Å²) < 4.78 is 0. The highest BCUT2D eigenvalue weighted by molar-refractivity contribution is 5.91. The van der Waals surface area contributed by atoms with Crippen LogP contribution in [0.15, 0.2) is 36.4 Å². The Morgan fingerprint density at radius 2 is 1.63 bits per heavy atom. The van der Waals surface area contributed by atoms with Crippen molar-refractivity contribution in [2.45, 2.75) is 39.5 Å². The minimum absolute atomic E-state index is 0.130. The van der Waals surface area contributed by atoms with Crippen molar-refractivity contribution >= 4 is 12.0 Å². The minimum Gasteiger partial charge on any atom is -0.339 e. The van der Waals surface area contributed by atoms with E-state index >= 15 is 0 Å². The van der Waals surface area contributed by atoms with Crippen molar-refractivity contribution in [2.75, 3.05) is 13.1 Å². The highest BCUT2D eigenvalue weighted by Gasteiger charge is 2.08. The van der Waals surface area contributed by atoms with E-state index in [2.05, 4.69) is 13.8 Å². The molecule has 1 aromatic rings. The first-order valence-corrected chi connectivity index (χ1v) is 7.30. The van der Waals surface area contributed by atoms with Gasteiger partial charge in [-0.2, -0.15) is 0 Å². The molecule has 2 heteroatoms. The summed E-state index contributed by atoms with van der Waals surface area (Å²) in [7, 11) is 0. The molecular formula is C17H25NO. The molecule has 0 saturated carbocycles. The van der Waals surface area contributed by atoms with Gasteiger partial charge in [-0.3, -0.25) is 4.79 Å². The molecule has 104 valence electrons. The summed E-state index contributed by atoms with van der Waals surface area (Å²) >= 11 is 0. The van der Waals surface area contributed by atoms with Gasteiger partial charge in [-0.05, 0) is 24.5 Å². The molecule has 0 unspecified atom stereocenters. The highest BCUT2D eigenvalue weighted by atomic mass is 16.2. The quantitative estimate of drug-likeness (QED) is 0.643. The number of amides is 1. The summed E-state index contributed by atoms with van der Waals surface area (Å²) in [6.45, 7) is 6.05. The van der Waals surface area contributed by atoms with Gasteiger partial charge in [-0.25, -0.2) is 0 Å². The van der Waals surface area contributed by atoms with Crippen molar-refractivity contribution < 1.29 is 4.79 Å². The Morgan fingerprint density at radius 3 is 2.16 bits per heavy atom. The second-order valence-electron chi connectivity index (χ2n) is 4.78. The Kier molecular flexibility index (Phi) is 7.64. The predicted octanol–water partition coefficient (Wildman–Crippen LogP) is 4.13. The summed E-state index contributed by atoms with van der Waals surface area (Å²) in [4.78, 5) is 14.1. The van der Waals surface area contributed by atoms with Crippen LogP contribution in [-0.2, 0) is 4.79 Å². The molecule has 0 atom stereocenters. The summed E-state index contributed by atoms with van der Waals surface area (Å²) in [5.41, 5.74) is 1.07. The molecule has 1 amide bonds. The van der Waals surface area contributed by atoms with Crippen LogP contribution in [0.4, 0.5) is 0 Å². The average molecular weight is 259 g/mol. The number of hydrogen-bond acceptors (Lipinski definition) is 1.